The molecule has 0 atom stereocenters. The first-order valence-electron chi connectivity index (χ1n) is 6.70. The third-order valence-electron chi connectivity index (χ3n) is 3.62. The first-order chi connectivity index (χ1) is 9.67. The van der Waals surface area contributed by atoms with Gasteiger partial charge in [0.25, 0.3) is 0 Å². The molecule has 0 saturated heterocycles. The van der Waals surface area contributed by atoms with Crippen LogP contribution in [0.3, 0.4) is 0 Å². The Morgan fingerprint density at radius 1 is 1.10 bits per heavy atom. The molecule has 3 rings (SSSR count). The van der Waals surface area contributed by atoms with E-state index in [1.807, 2.05) is 12.3 Å². The van der Waals surface area contributed by atoms with Crippen LogP contribution in [0.2, 0.25) is 0 Å². The second-order valence-corrected chi connectivity index (χ2v) is 5.14. The van der Waals surface area contributed by atoms with E-state index in [0.717, 1.165) is 11.1 Å². The number of hydrogen-bond donors (Lipinski definition) is 1. The Balaban J connectivity index is 2.03. The van der Waals surface area contributed by atoms with Crippen LogP contribution < -0.4 is 5.73 Å². The number of fused-ring (bicyclic) bond motifs is 1. The maximum Gasteiger partial charge on any atom is 0.128 e. The molecule has 0 fully saturated rings. The summed E-state index contributed by atoms with van der Waals surface area (Å²) < 4.78 is 16.0. The monoisotopic (exact) mass is 268 g/mol. The third kappa shape index (κ3) is 2.32. The van der Waals surface area contributed by atoms with Crippen molar-refractivity contribution < 1.29 is 4.39 Å². The van der Waals surface area contributed by atoms with Crippen molar-refractivity contribution in [1.29, 1.82) is 0 Å². The molecule has 1 heterocycles. The molecule has 0 aliphatic rings. The Kier molecular flexibility index (Phi) is 3.28. The number of benzene rings is 2. The van der Waals surface area contributed by atoms with Crippen molar-refractivity contribution >= 4 is 10.9 Å². The molecule has 0 aliphatic heterocycles. The molecule has 0 amide bonds. The Hall–Kier alpha value is -2.13. The number of nitrogens with zero attached hydrogens (tertiary/aromatic N) is 1. The molecule has 0 bridgehead atoms. The predicted molar refractivity (Wildman–Crippen MR) is 80.1 cm³/mol. The van der Waals surface area contributed by atoms with Crippen LogP contribution in [0, 0.1) is 12.7 Å². The van der Waals surface area contributed by atoms with Crippen molar-refractivity contribution in [2.75, 3.05) is 0 Å². The Bertz CT molecular complexity index is 759. The van der Waals surface area contributed by atoms with Gasteiger partial charge in [0.2, 0.25) is 0 Å². The SMILES string of the molecule is Cc1ccc2ccn(Cc3cc(CN)ccc3F)c2c1. The van der Waals surface area contributed by atoms with Crippen LogP contribution in [0.4, 0.5) is 4.39 Å². The molecule has 0 spiro atoms. The molecule has 0 aliphatic carbocycles. The highest BCUT2D eigenvalue weighted by molar-refractivity contribution is 5.80. The van der Waals surface area contributed by atoms with Crippen LogP contribution in [-0.2, 0) is 13.1 Å². The highest BCUT2D eigenvalue weighted by atomic mass is 19.1. The van der Waals surface area contributed by atoms with Crippen LogP contribution >= 0.6 is 0 Å². The van der Waals surface area contributed by atoms with Crippen molar-refractivity contribution in [2.45, 2.75) is 20.0 Å². The van der Waals surface area contributed by atoms with Crippen LogP contribution in [-0.4, -0.2) is 4.57 Å². The summed E-state index contributed by atoms with van der Waals surface area (Å²) in [6, 6.07) is 13.4. The van der Waals surface area contributed by atoms with E-state index in [1.54, 1.807) is 6.07 Å². The van der Waals surface area contributed by atoms with Crippen LogP contribution in [0.15, 0.2) is 48.7 Å². The highest BCUT2D eigenvalue weighted by Crippen LogP contribution is 2.20. The lowest BCUT2D eigenvalue weighted by atomic mass is 10.1. The molecular formula is C17H17FN2. The Labute approximate surface area is 117 Å². The number of nitrogens with two attached hydrogens (primary N) is 1. The van der Waals surface area contributed by atoms with E-state index in [1.165, 1.54) is 17.0 Å². The zero-order valence-corrected chi connectivity index (χ0v) is 11.4. The summed E-state index contributed by atoms with van der Waals surface area (Å²) in [5.74, 6) is -0.184. The lowest BCUT2D eigenvalue weighted by Gasteiger charge is -2.09. The van der Waals surface area contributed by atoms with Gasteiger partial charge < -0.3 is 10.3 Å². The summed E-state index contributed by atoms with van der Waals surface area (Å²) in [7, 11) is 0. The summed E-state index contributed by atoms with van der Waals surface area (Å²) in [6.07, 6.45) is 2.00. The standard InChI is InChI=1S/C17H17FN2/c1-12-2-4-14-6-7-20(17(14)8-12)11-15-9-13(10-19)3-5-16(15)18/h2-9H,10-11,19H2,1H3. The van der Waals surface area contributed by atoms with Gasteiger partial charge in [0.05, 0.1) is 6.54 Å². The molecule has 1 aromatic heterocycles. The molecule has 2 aromatic carbocycles. The van der Waals surface area contributed by atoms with Gasteiger partial charge in [-0.15, -0.1) is 0 Å². The van der Waals surface area contributed by atoms with Gasteiger partial charge in [-0.3, -0.25) is 0 Å². The van der Waals surface area contributed by atoms with E-state index in [-0.39, 0.29) is 5.82 Å². The number of hydrogen-bond acceptors (Lipinski definition) is 1. The van der Waals surface area contributed by atoms with Crippen molar-refractivity contribution in [3.05, 3.63) is 71.2 Å². The van der Waals surface area contributed by atoms with Crippen molar-refractivity contribution in [1.82, 2.24) is 4.57 Å². The molecule has 102 valence electrons. The minimum atomic E-state index is -0.184. The molecular weight excluding hydrogens is 251 g/mol. The molecule has 3 heteroatoms. The minimum Gasteiger partial charge on any atom is -0.343 e. The normalized spacial score (nSPS) is 11.2. The fourth-order valence-electron chi connectivity index (χ4n) is 2.49. The molecule has 20 heavy (non-hydrogen) atoms. The molecule has 0 radical (unpaired) electrons. The van der Waals surface area contributed by atoms with Crippen LogP contribution in [0.5, 0.6) is 0 Å². The maximum atomic E-state index is 13.9. The Morgan fingerprint density at radius 3 is 2.75 bits per heavy atom. The minimum absolute atomic E-state index is 0.184. The van der Waals surface area contributed by atoms with Gasteiger partial charge in [0, 0.05) is 23.8 Å². The average Bonchev–Trinajstić information content (AvgIpc) is 2.84. The molecule has 0 saturated carbocycles. The van der Waals surface area contributed by atoms with Gasteiger partial charge in [-0.05, 0) is 47.7 Å². The molecule has 2 N–H and O–H groups in total. The zero-order valence-electron chi connectivity index (χ0n) is 11.4. The van der Waals surface area contributed by atoms with Gasteiger partial charge in [0.15, 0.2) is 0 Å². The molecule has 2 nitrogen and oxygen atoms in total. The summed E-state index contributed by atoms with van der Waals surface area (Å²) in [5.41, 5.74) is 9.58. The second-order valence-electron chi connectivity index (χ2n) is 5.14. The predicted octanol–water partition coefficient (Wildman–Crippen LogP) is 3.60. The fraction of sp³-hybridized carbons (Fsp3) is 0.176. The average molecular weight is 268 g/mol. The molecule has 3 aromatic rings. The number of rotatable bonds is 3. The first-order valence-corrected chi connectivity index (χ1v) is 6.70. The van der Waals surface area contributed by atoms with Crippen molar-refractivity contribution in [2.24, 2.45) is 5.73 Å². The fourth-order valence-corrected chi connectivity index (χ4v) is 2.49. The quantitative estimate of drug-likeness (QED) is 0.773. The lowest BCUT2D eigenvalue weighted by Crippen LogP contribution is -2.03. The van der Waals surface area contributed by atoms with Gasteiger partial charge >= 0.3 is 0 Å². The third-order valence-corrected chi connectivity index (χ3v) is 3.62. The van der Waals surface area contributed by atoms with E-state index in [9.17, 15) is 4.39 Å². The van der Waals surface area contributed by atoms with E-state index < -0.39 is 0 Å². The number of aryl methyl sites for hydroxylation is 1. The van der Waals surface area contributed by atoms with E-state index in [2.05, 4.69) is 35.8 Å². The smallest absolute Gasteiger partial charge is 0.128 e. The topological polar surface area (TPSA) is 30.9 Å². The van der Waals surface area contributed by atoms with Crippen LogP contribution in [0.1, 0.15) is 16.7 Å². The van der Waals surface area contributed by atoms with E-state index in [0.29, 0.717) is 18.7 Å². The van der Waals surface area contributed by atoms with Gasteiger partial charge in [0.1, 0.15) is 5.82 Å². The molecule has 0 unspecified atom stereocenters. The van der Waals surface area contributed by atoms with Crippen molar-refractivity contribution in [3.63, 3.8) is 0 Å². The van der Waals surface area contributed by atoms with Gasteiger partial charge in [-0.25, -0.2) is 4.39 Å². The summed E-state index contributed by atoms with van der Waals surface area (Å²) in [6.45, 7) is 3.01. The van der Waals surface area contributed by atoms with Crippen LogP contribution in [0.25, 0.3) is 10.9 Å². The lowest BCUT2D eigenvalue weighted by molar-refractivity contribution is 0.601. The summed E-state index contributed by atoms with van der Waals surface area (Å²) in [4.78, 5) is 0. The highest BCUT2D eigenvalue weighted by Gasteiger charge is 2.07. The van der Waals surface area contributed by atoms with Gasteiger partial charge in [-0.1, -0.05) is 18.2 Å². The zero-order chi connectivity index (χ0) is 14.1. The summed E-state index contributed by atoms with van der Waals surface area (Å²) >= 11 is 0. The van der Waals surface area contributed by atoms with Gasteiger partial charge in [-0.2, -0.15) is 0 Å². The Morgan fingerprint density at radius 2 is 1.95 bits per heavy atom. The maximum absolute atomic E-state index is 13.9. The summed E-state index contributed by atoms with van der Waals surface area (Å²) in [5, 5.41) is 1.17. The van der Waals surface area contributed by atoms with E-state index >= 15 is 0 Å². The number of aromatic nitrogens is 1. The first kappa shape index (κ1) is 12.9. The second kappa shape index (κ2) is 5.10. The van der Waals surface area contributed by atoms with Crippen molar-refractivity contribution in [3.8, 4) is 0 Å². The van der Waals surface area contributed by atoms with E-state index in [4.69, 9.17) is 5.73 Å². The largest absolute Gasteiger partial charge is 0.343 e. The number of halogens is 1.